The topological polar surface area (TPSA) is 30.7 Å². The van der Waals surface area contributed by atoms with Crippen LogP contribution < -0.4 is 3.71 Å². The summed E-state index contributed by atoms with van der Waals surface area (Å²) in [4.78, 5) is 0. The maximum atomic E-state index is 13.5. The Kier molecular flexibility index (Phi) is 8.77. The van der Waals surface area contributed by atoms with Crippen molar-refractivity contribution < 1.29 is 4.39 Å². The second-order valence-corrected chi connectivity index (χ2v) is 20.9. The van der Waals surface area contributed by atoms with Crippen molar-refractivity contribution in [3.05, 3.63) is 35.3 Å². The average Bonchev–Trinajstić information content (AvgIpc) is 3.03. The molecule has 0 fully saturated rings. The molecule has 5 heteroatoms. The Morgan fingerprint density at radius 1 is 0.926 bits per heavy atom. The van der Waals surface area contributed by atoms with Crippen molar-refractivity contribution >= 4 is 22.1 Å². The zero-order valence-corrected chi connectivity index (χ0v) is 20.7. The van der Waals surface area contributed by atoms with Crippen molar-refractivity contribution in [1.82, 2.24) is 15.0 Å². The number of hydrogen-bond donors (Lipinski definition) is 0. The third kappa shape index (κ3) is 5.33. The number of unbranched alkanes of at least 4 members (excludes halogenated alkanes) is 3. The van der Waals surface area contributed by atoms with Gasteiger partial charge in [0.2, 0.25) is 0 Å². The molecule has 27 heavy (non-hydrogen) atoms. The fraction of sp³-hybridized carbons (Fsp3) is 0.636. The van der Waals surface area contributed by atoms with E-state index < -0.39 is 18.4 Å². The van der Waals surface area contributed by atoms with Crippen LogP contribution in [0.4, 0.5) is 4.39 Å². The van der Waals surface area contributed by atoms with Gasteiger partial charge in [0.1, 0.15) is 0 Å². The molecule has 0 spiro atoms. The number of rotatable bonds is 11. The van der Waals surface area contributed by atoms with Gasteiger partial charge in [-0.25, -0.2) is 0 Å². The van der Waals surface area contributed by atoms with Crippen LogP contribution in [0.3, 0.4) is 0 Å². The Balaban J connectivity index is 2.49. The predicted octanol–water partition coefficient (Wildman–Crippen LogP) is 6.08. The average molecular weight is 480 g/mol. The van der Waals surface area contributed by atoms with Crippen LogP contribution >= 0.6 is 0 Å². The fourth-order valence-corrected chi connectivity index (χ4v) is 20.4. The Morgan fingerprint density at radius 3 is 1.96 bits per heavy atom. The molecule has 0 radical (unpaired) electrons. The zero-order valence-electron chi connectivity index (χ0n) is 17.8. The molecule has 2 rings (SSSR count). The van der Waals surface area contributed by atoms with Gasteiger partial charge in [-0.15, -0.1) is 0 Å². The number of aromatic nitrogens is 3. The van der Waals surface area contributed by atoms with E-state index in [0.717, 1.165) is 11.3 Å². The molecular weight excluding hydrogens is 444 g/mol. The first-order valence-corrected chi connectivity index (χ1v) is 18.2. The first-order valence-electron chi connectivity index (χ1n) is 10.7. The maximum absolute atomic E-state index is 13.5. The van der Waals surface area contributed by atoms with Crippen molar-refractivity contribution in [1.29, 1.82) is 0 Å². The molecular formula is C22H36FN3Sn. The fourth-order valence-electron chi connectivity index (χ4n) is 4.18. The molecule has 1 aromatic carbocycles. The Bertz CT molecular complexity index is 705. The molecule has 2 aromatic rings. The quantitative estimate of drug-likeness (QED) is 0.365. The second kappa shape index (κ2) is 10.6. The predicted molar refractivity (Wildman–Crippen MR) is 115 cm³/mol. The monoisotopic (exact) mass is 481 g/mol. The summed E-state index contributed by atoms with van der Waals surface area (Å²) in [6.07, 6.45) is 7.69. The number of halogens is 1. The summed E-state index contributed by atoms with van der Waals surface area (Å²) in [5.74, 6) is -0.198. The van der Waals surface area contributed by atoms with Crippen LogP contribution in [0, 0.1) is 19.7 Å². The molecule has 0 aliphatic heterocycles. The van der Waals surface area contributed by atoms with Crippen LogP contribution in [0.2, 0.25) is 13.3 Å². The van der Waals surface area contributed by atoms with Gasteiger partial charge in [0.15, 0.2) is 0 Å². The molecule has 1 heterocycles. The summed E-state index contributed by atoms with van der Waals surface area (Å²) in [6.45, 7) is 11.0. The van der Waals surface area contributed by atoms with E-state index >= 15 is 0 Å². The molecule has 150 valence electrons. The Labute approximate surface area is 168 Å². The molecule has 0 bridgehead atoms. The third-order valence-corrected chi connectivity index (χ3v) is 21.2. The molecule has 0 aliphatic rings. The summed E-state index contributed by atoms with van der Waals surface area (Å²) in [6, 6.07) is 4.93. The summed E-state index contributed by atoms with van der Waals surface area (Å²) >= 11 is -2.61. The molecule has 0 atom stereocenters. The standard InChI is InChI=1S/C10H9FN3.3C4H9.Sn/c1-7-5-9(11)3-4-10(7)14-8(2)6-12-13-14;3*1-3-4-2;/h3-5H,1-2H3;3*1,3-4H2,2H3;. The van der Waals surface area contributed by atoms with Gasteiger partial charge in [-0.05, 0) is 0 Å². The van der Waals surface area contributed by atoms with Gasteiger partial charge in [0.25, 0.3) is 0 Å². The minimum absolute atomic E-state index is 0.198. The van der Waals surface area contributed by atoms with Gasteiger partial charge in [0.05, 0.1) is 0 Å². The second-order valence-electron chi connectivity index (χ2n) is 7.96. The minimum atomic E-state index is -2.61. The Morgan fingerprint density at radius 2 is 1.48 bits per heavy atom. The molecule has 1 aromatic heterocycles. The number of aryl methyl sites for hydroxylation is 1. The van der Waals surface area contributed by atoms with E-state index in [2.05, 4.69) is 32.9 Å². The van der Waals surface area contributed by atoms with Gasteiger partial charge in [-0.1, -0.05) is 0 Å². The van der Waals surface area contributed by atoms with Gasteiger partial charge in [0, 0.05) is 0 Å². The van der Waals surface area contributed by atoms with Crippen molar-refractivity contribution in [3.63, 3.8) is 0 Å². The van der Waals surface area contributed by atoms with Crippen LogP contribution in [0.1, 0.15) is 70.6 Å². The van der Waals surface area contributed by atoms with E-state index in [-0.39, 0.29) is 5.82 Å². The summed E-state index contributed by atoms with van der Waals surface area (Å²) in [5.41, 5.74) is 3.06. The molecule has 0 saturated carbocycles. The van der Waals surface area contributed by atoms with E-state index in [9.17, 15) is 4.39 Å². The molecule has 0 saturated heterocycles. The zero-order chi connectivity index (χ0) is 19.9. The third-order valence-electron chi connectivity index (χ3n) is 5.81. The molecule has 3 nitrogen and oxygen atoms in total. The van der Waals surface area contributed by atoms with Crippen molar-refractivity contribution in [2.75, 3.05) is 0 Å². The Hall–Kier alpha value is -0.911. The van der Waals surface area contributed by atoms with E-state index in [1.807, 2.05) is 17.7 Å². The van der Waals surface area contributed by atoms with Gasteiger partial charge in [-0.3, -0.25) is 0 Å². The van der Waals surface area contributed by atoms with E-state index in [4.69, 9.17) is 5.10 Å². The van der Waals surface area contributed by atoms with Crippen LogP contribution in [-0.4, -0.2) is 33.4 Å². The first kappa shape index (κ1) is 22.4. The number of benzene rings is 1. The normalized spacial score (nSPS) is 11.9. The molecule has 0 amide bonds. The molecule has 0 aliphatic carbocycles. The van der Waals surface area contributed by atoms with E-state index in [1.54, 1.807) is 6.07 Å². The summed E-state index contributed by atoms with van der Waals surface area (Å²) < 4.78 is 21.0. The number of nitrogens with zero attached hydrogens (tertiary/aromatic N) is 3. The first-order chi connectivity index (χ1) is 13.0. The van der Waals surface area contributed by atoms with Crippen molar-refractivity contribution in [2.45, 2.75) is 86.5 Å². The van der Waals surface area contributed by atoms with Crippen LogP contribution in [0.25, 0.3) is 5.69 Å². The van der Waals surface area contributed by atoms with Gasteiger partial charge < -0.3 is 0 Å². The SMILES string of the molecule is CCC[CH2][Sn]([CH2]CCC)([CH2]CCC)[c]1nnn(-c2ccc(F)cc2C)c1C. The molecule has 0 unspecified atom stereocenters. The number of hydrogen-bond acceptors (Lipinski definition) is 2. The van der Waals surface area contributed by atoms with E-state index in [0.29, 0.717) is 0 Å². The summed E-state index contributed by atoms with van der Waals surface area (Å²) in [5, 5.41) is 9.36. The van der Waals surface area contributed by atoms with Gasteiger partial charge >= 0.3 is 169 Å². The molecule has 0 N–H and O–H groups in total. The summed E-state index contributed by atoms with van der Waals surface area (Å²) in [7, 11) is 0. The van der Waals surface area contributed by atoms with Crippen LogP contribution in [0.5, 0.6) is 0 Å². The van der Waals surface area contributed by atoms with Crippen LogP contribution in [0.15, 0.2) is 18.2 Å². The van der Waals surface area contributed by atoms with Crippen molar-refractivity contribution in [3.8, 4) is 5.69 Å². The van der Waals surface area contributed by atoms with Crippen molar-refractivity contribution in [2.24, 2.45) is 0 Å². The van der Waals surface area contributed by atoms with E-state index in [1.165, 1.54) is 67.3 Å². The van der Waals surface area contributed by atoms with Gasteiger partial charge in [-0.2, -0.15) is 0 Å². The van der Waals surface area contributed by atoms with Crippen LogP contribution in [-0.2, 0) is 0 Å².